The van der Waals surface area contributed by atoms with E-state index < -0.39 is 11.9 Å². The van der Waals surface area contributed by atoms with Crippen LogP contribution in [0.15, 0.2) is 65.6 Å². The fourth-order valence-electron chi connectivity index (χ4n) is 3.39. The second kappa shape index (κ2) is 14.6. The van der Waals surface area contributed by atoms with E-state index in [0.717, 1.165) is 31.4 Å². The molecule has 2 aromatic carbocycles. The third-order valence-corrected chi connectivity index (χ3v) is 6.03. The summed E-state index contributed by atoms with van der Waals surface area (Å²) in [7, 11) is 0. The van der Waals surface area contributed by atoms with E-state index in [1.165, 1.54) is 42.8 Å². The van der Waals surface area contributed by atoms with Gasteiger partial charge in [0.05, 0.1) is 13.2 Å². The molecule has 0 saturated carbocycles. The molecule has 7 heteroatoms. The Morgan fingerprint density at radius 3 is 2.06 bits per heavy atom. The number of carbonyl (C=O) groups is 2. The second-order valence-electron chi connectivity index (χ2n) is 7.36. The molecule has 2 N–H and O–H groups in total. The summed E-state index contributed by atoms with van der Waals surface area (Å²) in [6.07, 6.45) is 3.87. The lowest BCUT2D eigenvalue weighted by Crippen LogP contribution is -2.36. The van der Waals surface area contributed by atoms with Crippen molar-refractivity contribution in [3.05, 3.63) is 66.2 Å². The zero-order valence-corrected chi connectivity index (χ0v) is 18.5. The van der Waals surface area contributed by atoms with Crippen molar-refractivity contribution in [2.75, 3.05) is 38.6 Å². The number of hydrogen-bond acceptors (Lipinski definition) is 5. The van der Waals surface area contributed by atoms with Crippen LogP contribution in [-0.4, -0.2) is 65.7 Å². The molecule has 3 rings (SSSR count). The first-order valence-corrected chi connectivity index (χ1v) is 11.5. The molecule has 0 bridgehead atoms. The Morgan fingerprint density at radius 1 is 0.903 bits per heavy atom. The van der Waals surface area contributed by atoms with Gasteiger partial charge < -0.3 is 19.8 Å². The number of likely N-dealkylation sites (tertiary alicyclic amines) is 1. The predicted octanol–water partition coefficient (Wildman–Crippen LogP) is 3.91. The molecule has 31 heavy (non-hydrogen) atoms. The zero-order chi connectivity index (χ0) is 22.3. The van der Waals surface area contributed by atoms with Gasteiger partial charge in [0.25, 0.3) is 0 Å². The van der Waals surface area contributed by atoms with E-state index in [1.54, 1.807) is 0 Å². The van der Waals surface area contributed by atoms with E-state index in [9.17, 15) is 0 Å². The van der Waals surface area contributed by atoms with Crippen LogP contribution in [0.2, 0.25) is 0 Å². The maximum Gasteiger partial charge on any atom is 0.414 e. The highest BCUT2D eigenvalue weighted by Crippen LogP contribution is 2.21. The Hall–Kier alpha value is -2.35. The normalized spacial score (nSPS) is 14.5. The molecule has 1 aliphatic rings. The van der Waals surface area contributed by atoms with E-state index >= 15 is 0 Å². The van der Waals surface area contributed by atoms with Crippen molar-refractivity contribution in [3.8, 4) is 0 Å². The molecule has 1 saturated heterocycles. The molecule has 0 aliphatic carbocycles. The topological polar surface area (TPSA) is 87.1 Å². The highest BCUT2D eigenvalue weighted by atomic mass is 32.2. The van der Waals surface area contributed by atoms with Crippen molar-refractivity contribution in [2.45, 2.75) is 24.2 Å². The number of benzene rings is 2. The van der Waals surface area contributed by atoms with E-state index in [1.807, 2.05) is 11.8 Å². The Balaban J connectivity index is 0.000000501. The lowest BCUT2D eigenvalue weighted by atomic mass is 9.90. The van der Waals surface area contributed by atoms with E-state index in [-0.39, 0.29) is 0 Å². The van der Waals surface area contributed by atoms with Crippen LogP contribution in [-0.2, 0) is 20.7 Å². The predicted molar refractivity (Wildman–Crippen MR) is 123 cm³/mol. The van der Waals surface area contributed by atoms with Gasteiger partial charge in [-0.05, 0) is 56.0 Å². The highest BCUT2D eigenvalue weighted by Gasteiger charge is 2.19. The average molecular weight is 446 g/mol. The SMILES string of the molecule is O=C(O)C(=O)O.c1ccc(CC2CCN(CCOCCSc3ccccc3)CC2)cc1. The number of thioether (sulfide) groups is 1. The van der Waals surface area contributed by atoms with Crippen molar-refractivity contribution < 1.29 is 24.5 Å². The van der Waals surface area contributed by atoms with E-state index in [2.05, 4.69) is 65.6 Å². The monoisotopic (exact) mass is 445 g/mol. The van der Waals surface area contributed by atoms with Crippen LogP contribution in [0.3, 0.4) is 0 Å². The van der Waals surface area contributed by atoms with Gasteiger partial charge in [0.15, 0.2) is 0 Å². The average Bonchev–Trinajstić information content (AvgIpc) is 2.79. The minimum absolute atomic E-state index is 0.837. The smallest absolute Gasteiger partial charge is 0.414 e. The number of aliphatic carboxylic acids is 2. The molecular weight excluding hydrogens is 414 g/mol. The van der Waals surface area contributed by atoms with Crippen molar-refractivity contribution >= 4 is 23.7 Å². The molecule has 1 fully saturated rings. The number of rotatable bonds is 9. The summed E-state index contributed by atoms with van der Waals surface area (Å²) in [5, 5.41) is 14.8. The first-order chi connectivity index (χ1) is 15.0. The quantitative estimate of drug-likeness (QED) is 0.344. The van der Waals surface area contributed by atoms with Crippen LogP contribution in [0.25, 0.3) is 0 Å². The number of piperidine rings is 1. The molecule has 168 valence electrons. The molecule has 0 aromatic heterocycles. The fourth-order valence-corrected chi connectivity index (χ4v) is 4.18. The van der Waals surface area contributed by atoms with E-state index in [4.69, 9.17) is 24.5 Å². The van der Waals surface area contributed by atoms with E-state index in [0.29, 0.717) is 0 Å². The van der Waals surface area contributed by atoms with Gasteiger partial charge in [-0.3, -0.25) is 0 Å². The van der Waals surface area contributed by atoms with Crippen LogP contribution < -0.4 is 0 Å². The minimum Gasteiger partial charge on any atom is -0.473 e. The summed E-state index contributed by atoms with van der Waals surface area (Å²) in [5.41, 5.74) is 1.49. The number of nitrogens with zero attached hydrogens (tertiary/aromatic N) is 1. The third kappa shape index (κ3) is 11.0. The molecule has 0 amide bonds. The highest BCUT2D eigenvalue weighted by molar-refractivity contribution is 7.99. The maximum absolute atomic E-state index is 9.10. The van der Waals surface area contributed by atoms with Crippen molar-refractivity contribution in [1.29, 1.82) is 0 Å². The summed E-state index contributed by atoms with van der Waals surface area (Å²) in [4.78, 5) is 22.1. The maximum atomic E-state index is 9.10. The fraction of sp³-hybridized carbons (Fsp3) is 0.417. The summed E-state index contributed by atoms with van der Waals surface area (Å²) >= 11 is 1.87. The zero-order valence-electron chi connectivity index (χ0n) is 17.7. The van der Waals surface area contributed by atoms with Gasteiger partial charge in [-0.15, -0.1) is 11.8 Å². The Labute approximate surface area is 188 Å². The van der Waals surface area contributed by atoms with Crippen molar-refractivity contribution in [1.82, 2.24) is 4.90 Å². The summed E-state index contributed by atoms with van der Waals surface area (Å²) in [6.45, 7) is 5.22. The van der Waals surface area contributed by atoms with Crippen LogP contribution in [0, 0.1) is 5.92 Å². The van der Waals surface area contributed by atoms with Crippen molar-refractivity contribution in [2.24, 2.45) is 5.92 Å². The Morgan fingerprint density at radius 2 is 1.48 bits per heavy atom. The van der Waals surface area contributed by atoms with Gasteiger partial charge in [0, 0.05) is 17.2 Å². The second-order valence-corrected chi connectivity index (χ2v) is 8.53. The lowest BCUT2D eigenvalue weighted by molar-refractivity contribution is -0.159. The number of carboxylic acids is 2. The van der Waals surface area contributed by atoms with Gasteiger partial charge in [-0.25, -0.2) is 9.59 Å². The number of carboxylic acid groups (broad SMARTS) is 2. The van der Waals surface area contributed by atoms with Gasteiger partial charge >= 0.3 is 11.9 Å². The molecule has 0 spiro atoms. The lowest BCUT2D eigenvalue weighted by Gasteiger charge is -2.31. The molecule has 0 unspecified atom stereocenters. The first kappa shape index (κ1) is 24.9. The largest absolute Gasteiger partial charge is 0.473 e. The Kier molecular flexibility index (Phi) is 11.8. The first-order valence-electron chi connectivity index (χ1n) is 10.5. The van der Waals surface area contributed by atoms with Crippen molar-refractivity contribution in [3.63, 3.8) is 0 Å². The van der Waals surface area contributed by atoms with Crippen LogP contribution in [0.1, 0.15) is 18.4 Å². The molecular formula is C24H31NO5S. The Bertz CT molecular complexity index is 752. The summed E-state index contributed by atoms with van der Waals surface area (Å²) < 4.78 is 5.82. The minimum atomic E-state index is -1.82. The van der Waals surface area contributed by atoms with Gasteiger partial charge in [0.2, 0.25) is 0 Å². The molecule has 6 nitrogen and oxygen atoms in total. The summed E-state index contributed by atoms with van der Waals surface area (Å²) in [6, 6.07) is 21.5. The number of ether oxygens (including phenoxy) is 1. The van der Waals surface area contributed by atoms with Crippen LogP contribution in [0.4, 0.5) is 0 Å². The van der Waals surface area contributed by atoms with Gasteiger partial charge in [-0.1, -0.05) is 48.5 Å². The molecule has 2 aromatic rings. The molecule has 0 atom stereocenters. The molecule has 0 radical (unpaired) electrons. The van der Waals surface area contributed by atoms with Crippen LogP contribution in [0.5, 0.6) is 0 Å². The van der Waals surface area contributed by atoms with Crippen LogP contribution >= 0.6 is 11.8 Å². The number of hydrogen-bond donors (Lipinski definition) is 2. The van der Waals surface area contributed by atoms with Gasteiger partial charge in [0.1, 0.15) is 0 Å². The molecule has 1 heterocycles. The molecule has 1 aliphatic heterocycles. The standard InChI is InChI=1S/C22H29NOS.C2H2O4/c1-3-7-20(8-4-1)19-21-11-13-23(14-12-21)15-16-24-17-18-25-22-9-5-2-6-10-22;3-1(4)2(5)6/h1-10,21H,11-19H2;(H,3,4)(H,5,6). The third-order valence-electron chi connectivity index (χ3n) is 5.05. The summed E-state index contributed by atoms with van der Waals surface area (Å²) in [5.74, 6) is -1.77. The van der Waals surface area contributed by atoms with Gasteiger partial charge in [-0.2, -0.15) is 0 Å².